The molecule has 1 aliphatic rings. The number of aliphatic carboxylic acids is 1. The van der Waals surface area contributed by atoms with E-state index in [1.165, 1.54) is 0 Å². The summed E-state index contributed by atoms with van der Waals surface area (Å²) in [6.45, 7) is 1.30. The molecule has 0 amide bonds. The second-order valence-corrected chi connectivity index (χ2v) is 5.42. The maximum absolute atomic E-state index is 11.4. The zero-order valence-electron chi connectivity index (χ0n) is 11.6. The third-order valence-electron chi connectivity index (χ3n) is 3.97. The minimum absolute atomic E-state index is 0.531. The molecule has 1 aromatic carbocycles. The van der Waals surface area contributed by atoms with Crippen LogP contribution in [0.15, 0.2) is 24.3 Å². The summed E-state index contributed by atoms with van der Waals surface area (Å²) in [5.74, 6) is 0.193. The maximum Gasteiger partial charge on any atom is 0.310 e. The molecule has 0 spiro atoms. The summed E-state index contributed by atoms with van der Waals surface area (Å²) in [6.07, 6.45) is 2.60. The van der Waals surface area contributed by atoms with Gasteiger partial charge in [0.25, 0.3) is 0 Å². The van der Waals surface area contributed by atoms with Crippen molar-refractivity contribution in [3.05, 3.63) is 29.8 Å². The van der Waals surface area contributed by atoms with Crippen molar-refractivity contribution in [1.29, 1.82) is 0 Å². The normalized spacial score (nSPS) is 17.0. The van der Waals surface area contributed by atoms with Crippen LogP contribution in [0.3, 0.4) is 0 Å². The molecule has 104 valence electrons. The third-order valence-corrected chi connectivity index (χ3v) is 3.97. The summed E-state index contributed by atoms with van der Waals surface area (Å²) in [5, 5.41) is 9.35. The van der Waals surface area contributed by atoms with E-state index in [0.717, 1.165) is 30.6 Å². The number of methoxy groups -OCH3 is 1. The second kappa shape index (κ2) is 5.61. The van der Waals surface area contributed by atoms with Crippen LogP contribution >= 0.6 is 0 Å². The van der Waals surface area contributed by atoms with Gasteiger partial charge in [-0.05, 0) is 26.0 Å². The lowest BCUT2D eigenvalue weighted by Crippen LogP contribution is -2.46. The molecular formula is C15H21NO3. The quantitative estimate of drug-likeness (QED) is 0.856. The van der Waals surface area contributed by atoms with Gasteiger partial charge in [0.2, 0.25) is 0 Å². The summed E-state index contributed by atoms with van der Waals surface area (Å²) < 4.78 is 5.32. The number of ether oxygens (including phenoxy) is 1. The predicted molar refractivity (Wildman–Crippen MR) is 73.2 cm³/mol. The van der Waals surface area contributed by atoms with Crippen molar-refractivity contribution in [2.75, 3.05) is 20.7 Å². The van der Waals surface area contributed by atoms with Gasteiger partial charge in [0.15, 0.2) is 0 Å². The summed E-state index contributed by atoms with van der Waals surface area (Å²) in [4.78, 5) is 13.4. The van der Waals surface area contributed by atoms with Crippen LogP contribution in [0.25, 0.3) is 0 Å². The largest absolute Gasteiger partial charge is 0.496 e. The first-order valence-corrected chi connectivity index (χ1v) is 6.61. The Kier molecular flexibility index (Phi) is 4.10. The van der Waals surface area contributed by atoms with Gasteiger partial charge in [-0.15, -0.1) is 0 Å². The van der Waals surface area contributed by atoms with Crippen LogP contribution in [-0.4, -0.2) is 36.7 Å². The Labute approximate surface area is 114 Å². The van der Waals surface area contributed by atoms with E-state index in [9.17, 15) is 9.90 Å². The van der Waals surface area contributed by atoms with Gasteiger partial charge in [-0.2, -0.15) is 0 Å². The lowest BCUT2D eigenvalue weighted by molar-refractivity contribution is -0.156. The molecule has 0 atom stereocenters. The predicted octanol–water partition coefficient (Wildman–Crippen LogP) is 2.38. The van der Waals surface area contributed by atoms with E-state index in [1.807, 2.05) is 31.3 Å². The van der Waals surface area contributed by atoms with Crippen LogP contribution in [-0.2, 0) is 11.3 Å². The van der Waals surface area contributed by atoms with E-state index < -0.39 is 11.4 Å². The zero-order chi connectivity index (χ0) is 13.9. The van der Waals surface area contributed by atoms with Crippen LogP contribution in [0.4, 0.5) is 0 Å². The molecule has 0 radical (unpaired) electrons. The molecule has 2 rings (SSSR count). The Morgan fingerprint density at radius 1 is 1.42 bits per heavy atom. The lowest BCUT2D eigenvalue weighted by Gasteiger charge is -2.40. The first-order valence-electron chi connectivity index (χ1n) is 6.61. The molecule has 4 heteroatoms. The van der Waals surface area contributed by atoms with Gasteiger partial charge in [0.05, 0.1) is 12.5 Å². The molecule has 0 aliphatic heterocycles. The molecule has 0 bridgehead atoms. The first-order chi connectivity index (χ1) is 9.07. The molecule has 0 heterocycles. The van der Waals surface area contributed by atoms with Crippen molar-refractivity contribution < 1.29 is 14.6 Å². The van der Waals surface area contributed by atoms with Gasteiger partial charge in [-0.25, -0.2) is 0 Å². The van der Waals surface area contributed by atoms with E-state index in [2.05, 4.69) is 4.90 Å². The average Bonchev–Trinajstić information content (AvgIpc) is 2.34. The maximum atomic E-state index is 11.4. The molecule has 1 saturated carbocycles. The lowest BCUT2D eigenvalue weighted by atomic mass is 9.68. The van der Waals surface area contributed by atoms with Gasteiger partial charge in [0.1, 0.15) is 5.75 Å². The van der Waals surface area contributed by atoms with E-state index in [-0.39, 0.29) is 0 Å². The Balaban J connectivity index is 2.01. The van der Waals surface area contributed by atoms with Crippen molar-refractivity contribution >= 4 is 5.97 Å². The average molecular weight is 263 g/mol. The van der Waals surface area contributed by atoms with Gasteiger partial charge in [-0.1, -0.05) is 24.6 Å². The van der Waals surface area contributed by atoms with Gasteiger partial charge >= 0.3 is 5.97 Å². The zero-order valence-corrected chi connectivity index (χ0v) is 11.6. The van der Waals surface area contributed by atoms with Crippen molar-refractivity contribution in [3.8, 4) is 5.75 Å². The van der Waals surface area contributed by atoms with E-state index in [0.29, 0.717) is 13.1 Å². The fraction of sp³-hybridized carbons (Fsp3) is 0.533. The number of carboxylic acids is 1. The highest BCUT2D eigenvalue weighted by Gasteiger charge is 2.44. The number of hydrogen-bond acceptors (Lipinski definition) is 3. The van der Waals surface area contributed by atoms with Crippen molar-refractivity contribution in [2.45, 2.75) is 25.8 Å². The third kappa shape index (κ3) is 2.89. The van der Waals surface area contributed by atoms with Crippen LogP contribution in [0, 0.1) is 5.41 Å². The van der Waals surface area contributed by atoms with Crippen LogP contribution in [0.2, 0.25) is 0 Å². The number of carboxylic acid groups (broad SMARTS) is 1. The fourth-order valence-corrected chi connectivity index (χ4v) is 2.74. The van der Waals surface area contributed by atoms with E-state index in [1.54, 1.807) is 7.11 Å². The summed E-state index contributed by atoms with van der Waals surface area (Å²) in [6, 6.07) is 7.86. The Bertz CT molecular complexity index is 454. The fourth-order valence-electron chi connectivity index (χ4n) is 2.74. The monoisotopic (exact) mass is 263 g/mol. The standard InChI is InChI=1S/C15H21NO3/c1-16(11-15(14(17)18)8-5-9-15)10-12-6-3-4-7-13(12)19-2/h3-4,6-7H,5,8-11H2,1-2H3,(H,17,18). The van der Waals surface area contributed by atoms with Crippen LogP contribution in [0.1, 0.15) is 24.8 Å². The number of hydrogen-bond donors (Lipinski definition) is 1. The highest BCUT2D eigenvalue weighted by Crippen LogP contribution is 2.41. The second-order valence-electron chi connectivity index (χ2n) is 5.42. The molecular weight excluding hydrogens is 242 g/mol. The Morgan fingerprint density at radius 3 is 2.63 bits per heavy atom. The molecule has 19 heavy (non-hydrogen) atoms. The van der Waals surface area contributed by atoms with Crippen LogP contribution < -0.4 is 4.74 Å². The molecule has 1 fully saturated rings. The Hall–Kier alpha value is -1.55. The molecule has 0 saturated heterocycles. The number of carbonyl (C=O) groups is 1. The number of benzene rings is 1. The van der Waals surface area contributed by atoms with Crippen molar-refractivity contribution in [2.24, 2.45) is 5.41 Å². The van der Waals surface area contributed by atoms with E-state index >= 15 is 0 Å². The molecule has 1 N–H and O–H groups in total. The number of rotatable bonds is 6. The molecule has 1 aliphatic carbocycles. The SMILES string of the molecule is COc1ccccc1CN(C)CC1(C(=O)O)CCC1. The smallest absolute Gasteiger partial charge is 0.310 e. The summed E-state index contributed by atoms with van der Waals surface area (Å²) in [5.41, 5.74) is 0.559. The topological polar surface area (TPSA) is 49.8 Å². The number of para-hydroxylation sites is 1. The van der Waals surface area contributed by atoms with Crippen molar-refractivity contribution in [3.63, 3.8) is 0 Å². The van der Waals surface area contributed by atoms with Crippen molar-refractivity contribution in [1.82, 2.24) is 4.90 Å². The molecule has 0 aromatic heterocycles. The minimum atomic E-state index is -0.661. The summed E-state index contributed by atoms with van der Waals surface area (Å²) >= 11 is 0. The van der Waals surface area contributed by atoms with Gasteiger partial charge in [0, 0.05) is 18.7 Å². The highest BCUT2D eigenvalue weighted by molar-refractivity contribution is 5.76. The minimum Gasteiger partial charge on any atom is -0.496 e. The van der Waals surface area contributed by atoms with Crippen LogP contribution in [0.5, 0.6) is 5.75 Å². The van der Waals surface area contributed by atoms with Gasteiger partial charge in [-0.3, -0.25) is 4.79 Å². The molecule has 0 unspecified atom stereocenters. The van der Waals surface area contributed by atoms with Gasteiger partial charge < -0.3 is 14.7 Å². The van der Waals surface area contributed by atoms with E-state index in [4.69, 9.17) is 4.74 Å². The highest BCUT2D eigenvalue weighted by atomic mass is 16.5. The molecule has 1 aromatic rings. The Morgan fingerprint density at radius 2 is 2.11 bits per heavy atom. The first kappa shape index (κ1) is 13.9. The summed E-state index contributed by atoms with van der Waals surface area (Å²) in [7, 11) is 3.62. The molecule has 4 nitrogen and oxygen atoms in total. The number of nitrogens with zero attached hydrogens (tertiary/aromatic N) is 1.